The monoisotopic (exact) mass is 168 g/mol. The zero-order valence-corrected chi connectivity index (χ0v) is 6.13. The van der Waals surface area contributed by atoms with E-state index in [1.165, 1.54) is 12.1 Å². The van der Waals surface area contributed by atoms with Crippen LogP contribution >= 0.6 is 0 Å². The zero-order valence-electron chi connectivity index (χ0n) is 6.13. The highest BCUT2D eigenvalue weighted by Gasteiger charge is 1.93. The van der Waals surface area contributed by atoms with Crippen LogP contribution in [0.1, 0.15) is 15.9 Å². The van der Waals surface area contributed by atoms with Crippen molar-refractivity contribution in [3.05, 3.63) is 41.5 Å². The highest BCUT2D eigenvalue weighted by molar-refractivity contribution is 5.76. The molecule has 0 aliphatic carbocycles. The summed E-state index contributed by atoms with van der Waals surface area (Å²) in [5, 5.41) is 0. The van der Waals surface area contributed by atoms with Gasteiger partial charge < -0.3 is 0 Å². The van der Waals surface area contributed by atoms with E-state index in [-0.39, 0.29) is 0 Å². The number of benzene rings is 1. The van der Waals surface area contributed by atoms with Crippen molar-refractivity contribution in [1.29, 1.82) is 0 Å². The second-order valence-electron chi connectivity index (χ2n) is 2.22. The molecule has 0 heterocycles. The first-order chi connectivity index (χ1) is 5.72. The standard InChI is InChI=1S/C9H6F2O/c10-9(11)5-7-2-1-3-8(4-7)6-12/h1-6H. The number of hydrogen-bond acceptors (Lipinski definition) is 1. The van der Waals surface area contributed by atoms with E-state index in [9.17, 15) is 13.6 Å². The Hall–Kier alpha value is -1.51. The molecule has 0 saturated heterocycles. The normalized spacial score (nSPS) is 9.17. The molecule has 0 spiro atoms. The molecule has 0 aliphatic heterocycles. The van der Waals surface area contributed by atoms with Gasteiger partial charge in [-0.2, -0.15) is 8.78 Å². The molecule has 0 unspecified atom stereocenters. The average molecular weight is 168 g/mol. The molecule has 0 aliphatic rings. The molecular weight excluding hydrogens is 162 g/mol. The van der Waals surface area contributed by atoms with E-state index in [2.05, 4.69) is 0 Å². The van der Waals surface area contributed by atoms with Crippen LogP contribution in [-0.4, -0.2) is 6.29 Å². The van der Waals surface area contributed by atoms with E-state index in [1.54, 1.807) is 12.1 Å². The topological polar surface area (TPSA) is 17.1 Å². The van der Waals surface area contributed by atoms with Crippen molar-refractivity contribution in [2.24, 2.45) is 0 Å². The summed E-state index contributed by atoms with van der Waals surface area (Å²) in [6.45, 7) is 0. The van der Waals surface area contributed by atoms with Crippen molar-refractivity contribution < 1.29 is 13.6 Å². The van der Waals surface area contributed by atoms with Crippen LogP contribution in [-0.2, 0) is 0 Å². The fourth-order valence-electron chi connectivity index (χ4n) is 0.848. The molecule has 0 saturated carbocycles. The van der Waals surface area contributed by atoms with Gasteiger partial charge in [-0.25, -0.2) is 0 Å². The summed E-state index contributed by atoms with van der Waals surface area (Å²) in [5.74, 6) is 0. The van der Waals surface area contributed by atoms with Crippen LogP contribution in [0.25, 0.3) is 6.08 Å². The average Bonchev–Trinajstić information content (AvgIpc) is 2.03. The SMILES string of the molecule is O=Cc1cccc(C=C(F)F)c1. The maximum Gasteiger partial charge on any atom is 0.270 e. The highest BCUT2D eigenvalue weighted by Crippen LogP contribution is 2.09. The Morgan fingerprint density at radius 2 is 1.92 bits per heavy atom. The van der Waals surface area contributed by atoms with E-state index >= 15 is 0 Å². The van der Waals surface area contributed by atoms with E-state index in [0.29, 0.717) is 23.5 Å². The molecule has 0 bridgehead atoms. The van der Waals surface area contributed by atoms with Gasteiger partial charge in [0.1, 0.15) is 6.29 Å². The van der Waals surface area contributed by atoms with Gasteiger partial charge in [-0.05, 0) is 11.6 Å². The van der Waals surface area contributed by atoms with Gasteiger partial charge in [0, 0.05) is 11.6 Å². The van der Waals surface area contributed by atoms with Crippen molar-refractivity contribution >= 4 is 12.4 Å². The van der Waals surface area contributed by atoms with Gasteiger partial charge in [-0.3, -0.25) is 4.79 Å². The van der Waals surface area contributed by atoms with Gasteiger partial charge in [0.2, 0.25) is 0 Å². The van der Waals surface area contributed by atoms with Crippen LogP contribution in [0.3, 0.4) is 0 Å². The molecule has 0 fully saturated rings. The Bertz CT molecular complexity index is 314. The fraction of sp³-hybridized carbons (Fsp3) is 0. The molecular formula is C9H6F2O. The Balaban J connectivity index is 3.02. The molecule has 0 aromatic heterocycles. The lowest BCUT2D eigenvalue weighted by Crippen LogP contribution is -1.79. The quantitative estimate of drug-likeness (QED) is 0.620. The predicted molar refractivity (Wildman–Crippen MR) is 42.0 cm³/mol. The highest BCUT2D eigenvalue weighted by atomic mass is 19.3. The molecule has 62 valence electrons. The van der Waals surface area contributed by atoms with Gasteiger partial charge in [-0.15, -0.1) is 0 Å². The molecule has 1 aromatic carbocycles. The van der Waals surface area contributed by atoms with Crippen LogP contribution in [0.4, 0.5) is 8.78 Å². The molecule has 1 nitrogen and oxygen atoms in total. The Morgan fingerprint density at radius 1 is 1.25 bits per heavy atom. The Labute approximate surface area is 68.3 Å². The van der Waals surface area contributed by atoms with Gasteiger partial charge >= 0.3 is 0 Å². The number of hydrogen-bond donors (Lipinski definition) is 0. The van der Waals surface area contributed by atoms with E-state index in [1.807, 2.05) is 0 Å². The summed E-state index contributed by atoms with van der Waals surface area (Å²) in [5.41, 5.74) is 0.726. The molecule has 0 N–H and O–H groups in total. The van der Waals surface area contributed by atoms with Crippen LogP contribution in [0.15, 0.2) is 30.3 Å². The summed E-state index contributed by atoms with van der Waals surface area (Å²) >= 11 is 0. The van der Waals surface area contributed by atoms with Crippen molar-refractivity contribution in [3.63, 3.8) is 0 Å². The molecule has 12 heavy (non-hydrogen) atoms. The summed E-state index contributed by atoms with van der Waals surface area (Å²) < 4.78 is 23.5. The first kappa shape index (κ1) is 8.59. The van der Waals surface area contributed by atoms with Crippen LogP contribution in [0.2, 0.25) is 0 Å². The number of carbonyl (C=O) groups excluding carboxylic acids is 1. The third kappa shape index (κ3) is 2.27. The molecule has 0 amide bonds. The van der Waals surface area contributed by atoms with Gasteiger partial charge in [0.25, 0.3) is 6.08 Å². The lowest BCUT2D eigenvalue weighted by atomic mass is 10.1. The van der Waals surface area contributed by atoms with E-state index < -0.39 is 6.08 Å². The smallest absolute Gasteiger partial charge is 0.270 e. The third-order valence-electron chi connectivity index (χ3n) is 1.32. The van der Waals surface area contributed by atoms with Crippen molar-refractivity contribution in [2.45, 2.75) is 0 Å². The molecule has 1 rings (SSSR count). The van der Waals surface area contributed by atoms with Crippen LogP contribution in [0.5, 0.6) is 0 Å². The largest absolute Gasteiger partial charge is 0.298 e. The van der Waals surface area contributed by atoms with Crippen molar-refractivity contribution in [1.82, 2.24) is 0 Å². The maximum absolute atomic E-state index is 11.7. The van der Waals surface area contributed by atoms with Crippen LogP contribution < -0.4 is 0 Å². The molecule has 1 aromatic rings. The third-order valence-corrected chi connectivity index (χ3v) is 1.32. The van der Waals surface area contributed by atoms with E-state index in [4.69, 9.17) is 0 Å². The van der Waals surface area contributed by atoms with Crippen molar-refractivity contribution in [2.75, 3.05) is 0 Å². The van der Waals surface area contributed by atoms with Gasteiger partial charge in [-0.1, -0.05) is 18.2 Å². The Morgan fingerprint density at radius 3 is 2.50 bits per heavy atom. The Kier molecular flexibility index (Phi) is 2.69. The number of halogens is 2. The minimum atomic E-state index is -1.77. The van der Waals surface area contributed by atoms with Crippen molar-refractivity contribution in [3.8, 4) is 0 Å². The first-order valence-corrected chi connectivity index (χ1v) is 3.30. The number of rotatable bonds is 2. The lowest BCUT2D eigenvalue weighted by molar-refractivity contribution is 0.112. The minimum Gasteiger partial charge on any atom is -0.298 e. The fourth-order valence-corrected chi connectivity index (χ4v) is 0.848. The summed E-state index contributed by atoms with van der Waals surface area (Å²) in [7, 11) is 0. The minimum absolute atomic E-state index is 0.333. The lowest BCUT2D eigenvalue weighted by Gasteiger charge is -1.92. The zero-order chi connectivity index (χ0) is 8.97. The molecule has 3 heteroatoms. The number of aldehydes is 1. The molecule has 0 radical (unpaired) electrons. The summed E-state index contributed by atoms with van der Waals surface area (Å²) in [6, 6.07) is 6.01. The van der Waals surface area contributed by atoms with E-state index in [0.717, 1.165) is 0 Å². The summed E-state index contributed by atoms with van der Waals surface area (Å²) in [4.78, 5) is 10.2. The maximum atomic E-state index is 11.7. The second kappa shape index (κ2) is 3.76. The first-order valence-electron chi connectivity index (χ1n) is 3.30. The summed E-state index contributed by atoms with van der Waals surface area (Å²) in [6.07, 6.45) is -0.432. The van der Waals surface area contributed by atoms with Crippen LogP contribution in [0, 0.1) is 0 Å². The van der Waals surface area contributed by atoms with Gasteiger partial charge in [0.05, 0.1) is 0 Å². The second-order valence-corrected chi connectivity index (χ2v) is 2.22. The predicted octanol–water partition coefficient (Wildman–Crippen LogP) is 2.74. The van der Waals surface area contributed by atoms with Gasteiger partial charge in [0.15, 0.2) is 0 Å². The molecule has 0 atom stereocenters. The number of carbonyl (C=O) groups is 1.